The van der Waals surface area contributed by atoms with Gasteiger partial charge in [0, 0.05) is 5.69 Å². The maximum atomic E-state index is 5.96. The van der Waals surface area contributed by atoms with Crippen molar-refractivity contribution in [3.8, 4) is 5.69 Å². The molecule has 0 saturated heterocycles. The van der Waals surface area contributed by atoms with Gasteiger partial charge in [-0.05, 0) is 19.1 Å². The Balaban J connectivity index is 0.000000435. The molecule has 0 bridgehead atoms. The number of aryl methyl sites for hydroxylation is 1. The van der Waals surface area contributed by atoms with Gasteiger partial charge in [-0.15, -0.1) is 0 Å². The van der Waals surface area contributed by atoms with Gasteiger partial charge < -0.3 is 0 Å². The van der Waals surface area contributed by atoms with Crippen LogP contribution < -0.4 is 0 Å². The van der Waals surface area contributed by atoms with Crippen LogP contribution in [-0.4, -0.2) is 19.5 Å². The summed E-state index contributed by atoms with van der Waals surface area (Å²) >= 11 is 5.96. The van der Waals surface area contributed by atoms with Crippen molar-refractivity contribution in [1.29, 1.82) is 0 Å². The Hall–Kier alpha value is -1.94. The fraction of sp³-hybridized carbons (Fsp3) is 0.353. The van der Waals surface area contributed by atoms with Crippen LogP contribution in [0, 0.1) is 6.92 Å². The highest BCUT2D eigenvalue weighted by atomic mass is 35.5. The predicted molar refractivity (Wildman–Crippen MR) is 93.7 cm³/mol. The van der Waals surface area contributed by atoms with E-state index in [1.807, 2.05) is 42.7 Å². The Morgan fingerprint density at radius 2 is 1.59 bits per heavy atom. The molecular weight excluding hydrogens is 296 g/mol. The van der Waals surface area contributed by atoms with Gasteiger partial charge in [0.15, 0.2) is 10.8 Å². The Labute approximate surface area is 137 Å². The van der Waals surface area contributed by atoms with Crippen molar-refractivity contribution in [2.75, 3.05) is 0 Å². The SMILES string of the molecule is CC.CCC.Cc1ccc(-n2cnc3c(Cl)ncnc32)cc1. The summed E-state index contributed by atoms with van der Waals surface area (Å²) in [7, 11) is 0. The Morgan fingerprint density at radius 1 is 1.00 bits per heavy atom. The number of fused-ring (bicyclic) bond motifs is 1. The van der Waals surface area contributed by atoms with E-state index in [-0.39, 0.29) is 0 Å². The van der Waals surface area contributed by atoms with Gasteiger partial charge >= 0.3 is 0 Å². The lowest BCUT2D eigenvalue weighted by atomic mass is 10.2. The molecule has 0 saturated carbocycles. The second-order valence-corrected chi connectivity index (χ2v) is 4.85. The van der Waals surface area contributed by atoms with Gasteiger partial charge in [0.1, 0.15) is 18.2 Å². The molecule has 1 aromatic carbocycles. The molecule has 0 fully saturated rings. The minimum absolute atomic E-state index is 0.376. The van der Waals surface area contributed by atoms with Crippen LogP contribution in [0.3, 0.4) is 0 Å². The largest absolute Gasteiger partial charge is 0.283 e. The van der Waals surface area contributed by atoms with E-state index in [1.165, 1.54) is 18.3 Å². The molecule has 3 aromatic rings. The molecule has 0 aliphatic rings. The van der Waals surface area contributed by atoms with Crippen LogP contribution in [0.25, 0.3) is 16.9 Å². The number of nitrogens with zero attached hydrogens (tertiary/aromatic N) is 4. The Kier molecular flexibility index (Phi) is 7.54. The van der Waals surface area contributed by atoms with Gasteiger partial charge in [0.05, 0.1) is 0 Å². The third-order valence-electron chi connectivity index (χ3n) is 2.60. The van der Waals surface area contributed by atoms with Gasteiger partial charge in [-0.25, -0.2) is 15.0 Å². The number of benzene rings is 1. The molecule has 5 heteroatoms. The first-order chi connectivity index (χ1) is 10.7. The van der Waals surface area contributed by atoms with Crippen molar-refractivity contribution in [1.82, 2.24) is 19.5 Å². The summed E-state index contributed by atoms with van der Waals surface area (Å²) in [6.07, 6.45) is 4.40. The van der Waals surface area contributed by atoms with Gasteiger partial charge in [-0.3, -0.25) is 4.57 Å². The summed E-state index contributed by atoms with van der Waals surface area (Å²) in [6, 6.07) is 8.13. The zero-order chi connectivity index (χ0) is 16.5. The lowest BCUT2D eigenvalue weighted by molar-refractivity contribution is 1.06. The highest BCUT2D eigenvalue weighted by Crippen LogP contribution is 2.20. The van der Waals surface area contributed by atoms with E-state index in [1.54, 1.807) is 6.33 Å². The molecule has 0 unspecified atom stereocenters. The van der Waals surface area contributed by atoms with Crippen LogP contribution in [0.15, 0.2) is 36.9 Å². The van der Waals surface area contributed by atoms with E-state index < -0.39 is 0 Å². The third-order valence-corrected chi connectivity index (χ3v) is 2.88. The second kappa shape index (κ2) is 9.15. The molecule has 0 aliphatic carbocycles. The van der Waals surface area contributed by atoms with Crippen LogP contribution in [0.4, 0.5) is 0 Å². The van der Waals surface area contributed by atoms with Crippen LogP contribution in [0.2, 0.25) is 5.15 Å². The van der Waals surface area contributed by atoms with Gasteiger partial charge in [-0.1, -0.05) is 63.4 Å². The van der Waals surface area contributed by atoms with E-state index in [0.717, 1.165) is 5.69 Å². The zero-order valence-corrected chi connectivity index (χ0v) is 14.6. The van der Waals surface area contributed by atoms with Gasteiger partial charge in [0.25, 0.3) is 0 Å². The number of rotatable bonds is 1. The average molecular weight is 319 g/mol. The summed E-state index contributed by atoms with van der Waals surface area (Å²) in [5.74, 6) is 0. The molecule has 0 N–H and O–H groups in total. The molecule has 2 heterocycles. The van der Waals surface area contributed by atoms with Crippen molar-refractivity contribution in [2.24, 2.45) is 0 Å². The van der Waals surface area contributed by atoms with Crippen molar-refractivity contribution >= 4 is 22.8 Å². The van der Waals surface area contributed by atoms with Crippen molar-refractivity contribution in [3.63, 3.8) is 0 Å². The maximum absolute atomic E-state index is 5.96. The molecule has 0 spiro atoms. The number of imidazole rings is 1. The molecule has 0 atom stereocenters. The van der Waals surface area contributed by atoms with Crippen molar-refractivity contribution < 1.29 is 0 Å². The van der Waals surface area contributed by atoms with Crippen molar-refractivity contribution in [2.45, 2.75) is 41.0 Å². The predicted octanol–water partition coefficient (Wildman–Crippen LogP) is 5.22. The molecule has 0 aliphatic heterocycles. The van der Waals surface area contributed by atoms with E-state index in [4.69, 9.17) is 11.6 Å². The summed E-state index contributed by atoms with van der Waals surface area (Å²) in [5.41, 5.74) is 3.56. The maximum Gasteiger partial charge on any atom is 0.169 e. The van der Waals surface area contributed by atoms with Crippen LogP contribution in [0.5, 0.6) is 0 Å². The van der Waals surface area contributed by atoms with Crippen molar-refractivity contribution in [3.05, 3.63) is 47.6 Å². The first-order valence-corrected chi connectivity index (χ1v) is 7.95. The Morgan fingerprint density at radius 3 is 2.18 bits per heavy atom. The first kappa shape index (κ1) is 18.1. The fourth-order valence-electron chi connectivity index (χ4n) is 1.70. The third kappa shape index (κ3) is 4.28. The lowest BCUT2D eigenvalue weighted by Crippen LogP contribution is -1.94. The average Bonchev–Trinajstić information content (AvgIpc) is 2.96. The highest BCUT2D eigenvalue weighted by molar-refractivity contribution is 6.33. The summed E-state index contributed by atoms with van der Waals surface area (Å²) in [4.78, 5) is 12.3. The molecule has 22 heavy (non-hydrogen) atoms. The molecule has 4 nitrogen and oxygen atoms in total. The first-order valence-electron chi connectivity index (χ1n) is 7.58. The molecule has 118 valence electrons. The van der Waals surface area contributed by atoms with Crippen LogP contribution in [0.1, 0.15) is 39.7 Å². The topological polar surface area (TPSA) is 43.6 Å². The quantitative estimate of drug-likeness (QED) is 0.578. The van der Waals surface area contributed by atoms with Crippen LogP contribution >= 0.6 is 11.6 Å². The molecule has 2 aromatic heterocycles. The fourth-order valence-corrected chi connectivity index (χ4v) is 1.88. The molecule has 0 amide bonds. The van der Waals surface area contributed by atoms with E-state index >= 15 is 0 Å². The van der Waals surface area contributed by atoms with Gasteiger partial charge in [0.2, 0.25) is 0 Å². The van der Waals surface area contributed by atoms with Crippen LogP contribution in [-0.2, 0) is 0 Å². The molecule has 3 rings (SSSR count). The normalized spacial score (nSPS) is 9.55. The highest BCUT2D eigenvalue weighted by Gasteiger charge is 2.09. The number of halogens is 1. The van der Waals surface area contributed by atoms with E-state index in [2.05, 4.69) is 35.7 Å². The van der Waals surface area contributed by atoms with E-state index in [9.17, 15) is 0 Å². The standard InChI is InChI=1S/C12H9ClN4.C3H8.C2H6/c1-8-2-4-9(5-3-8)17-7-16-10-11(13)14-6-15-12(10)17;1-3-2;1-2/h2-7H,1H3;3H2,1-2H3;1-2H3. The smallest absolute Gasteiger partial charge is 0.169 e. The molecular formula is C17H23ClN4. The summed E-state index contributed by atoms with van der Waals surface area (Å²) in [6.45, 7) is 10.3. The lowest BCUT2D eigenvalue weighted by Gasteiger charge is -2.03. The summed E-state index contributed by atoms with van der Waals surface area (Å²) < 4.78 is 1.89. The minimum Gasteiger partial charge on any atom is -0.283 e. The zero-order valence-electron chi connectivity index (χ0n) is 13.8. The minimum atomic E-state index is 0.376. The molecule has 0 radical (unpaired) electrons. The second-order valence-electron chi connectivity index (χ2n) is 4.49. The monoisotopic (exact) mass is 318 g/mol. The van der Waals surface area contributed by atoms with Gasteiger partial charge in [-0.2, -0.15) is 0 Å². The summed E-state index contributed by atoms with van der Waals surface area (Å²) in [5, 5.41) is 0.376. The van der Waals surface area contributed by atoms with E-state index in [0.29, 0.717) is 16.3 Å². The number of hydrogen-bond donors (Lipinski definition) is 0. The Bertz CT molecular complexity index is 689. The number of aromatic nitrogens is 4. The number of hydrogen-bond acceptors (Lipinski definition) is 3.